The minimum Gasteiger partial charge on any atom is -0.494 e. The molecule has 0 saturated heterocycles. The first-order chi connectivity index (χ1) is 13.7. The smallest absolute Gasteiger partial charge is 0.224 e. The SMILES string of the molecule is CCCOc1ccc(Oc2ncccc2CNC(=O)C[C@@H]2CCC[C@H]2N)cc1.Cl.Cl. The van der Waals surface area contributed by atoms with Crippen LogP contribution in [0.1, 0.15) is 44.6 Å². The van der Waals surface area contributed by atoms with Crippen LogP contribution in [0.2, 0.25) is 0 Å². The molecule has 3 rings (SSSR count). The topological polar surface area (TPSA) is 86.5 Å². The summed E-state index contributed by atoms with van der Waals surface area (Å²) < 4.78 is 11.5. The van der Waals surface area contributed by atoms with Crippen LogP contribution in [0.25, 0.3) is 0 Å². The molecule has 0 aliphatic heterocycles. The van der Waals surface area contributed by atoms with Crippen molar-refractivity contribution in [3.8, 4) is 17.4 Å². The Morgan fingerprint density at radius 1 is 1.17 bits per heavy atom. The molecule has 1 saturated carbocycles. The van der Waals surface area contributed by atoms with Crippen molar-refractivity contribution in [2.24, 2.45) is 11.7 Å². The van der Waals surface area contributed by atoms with E-state index in [-0.39, 0.29) is 42.7 Å². The van der Waals surface area contributed by atoms with E-state index < -0.39 is 0 Å². The molecule has 3 N–H and O–H groups in total. The van der Waals surface area contributed by atoms with Crippen molar-refractivity contribution >= 4 is 30.7 Å². The predicted octanol–water partition coefficient (Wildman–Crippen LogP) is 4.64. The number of aromatic nitrogens is 1. The Morgan fingerprint density at radius 3 is 2.57 bits per heavy atom. The van der Waals surface area contributed by atoms with Crippen LogP contribution in [0, 0.1) is 5.92 Å². The first-order valence-corrected chi connectivity index (χ1v) is 10.0. The van der Waals surface area contributed by atoms with Crippen LogP contribution in [0.4, 0.5) is 0 Å². The zero-order valence-corrected chi connectivity index (χ0v) is 18.8. The quantitative estimate of drug-likeness (QED) is 0.574. The summed E-state index contributed by atoms with van der Waals surface area (Å²) in [4.78, 5) is 16.6. The Bertz CT molecular complexity index is 774. The molecule has 166 valence electrons. The minimum atomic E-state index is 0. The molecular formula is C22H31Cl2N3O3. The Labute approximate surface area is 190 Å². The number of pyridine rings is 1. The number of carbonyl (C=O) groups excluding carboxylic acids is 1. The first-order valence-electron chi connectivity index (χ1n) is 10.0. The highest BCUT2D eigenvalue weighted by Crippen LogP contribution is 2.27. The monoisotopic (exact) mass is 455 g/mol. The van der Waals surface area contributed by atoms with Crippen molar-refractivity contribution in [2.75, 3.05) is 6.61 Å². The lowest BCUT2D eigenvalue weighted by Gasteiger charge is -2.15. The van der Waals surface area contributed by atoms with Gasteiger partial charge < -0.3 is 20.5 Å². The number of nitrogens with one attached hydrogen (secondary N) is 1. The number of nitrogens with zero attached hydrogens (tertiary/aromatic N) is 1. The Balaban J connectivity index is 0.00000225. The zero-order valence-electron chi connectivity index (χ0n) is 17.2. The summed E-state index contributed by atoms with van der Waals surface area (Å²) in [5, 5.41) is 2.97. The summed E-state index contributed by atoms with van der Waals surface area (Å²) in [5.41, 5.74) is 6.89. The molecule has 0 radical (unpaired) electrons. The van der Waals surface area contributed by atoms with Crippen LogP contribution in [-0.4, -0.2) is 23.5 Å². The number of nitrogens with two attached hydrogens (primary N) is 1. The van der Waals surface area contributed by atoms with Gasteiger partial charge in [0.1, 0.15) is 11.5 Å². The number of amides is 1. The minimum absolute atomic E-state index is 0. The maximum atomic E-state index is 12.3. The van der Waals surface area contributed by atoms with Crippen LogP contribution in [0.15, 0.2) is 42.6 Å². The number of halogens is 2. The molecule has 0 unspecified atom stereocenters. The van der Waals surface area contributed by atoms with Gasteiger partial charge >= 0.3 is 0 Å². The largest absolute Gasteiger partial charge is 0.494 e. The molecule has 1 heterocycles. The number of carbonyl (C=O) groups is 1. The lowest BCUT2D eigenvalue weighted by molar-refractivity contribution is -0.122. The van der Waals surface area contributed by atoms with Gasteiger partial charge in [-0.15, -0.1) is 24.8 Å². The zero-order chi connectivity index (χ0) is 19.8. The van der Waals surface area contributed by atoms with E-state index in [9.17, 15) is 4.79 Å². The average Bonchev–Trinajstić information content (AvgIpc) is 3.11. The molecule has 1 amide bonds. The van der Waals surface area contributed by atoms with E-state index in [1.54, 1.807) is 6.20 Å². The molecule has 1 aromatic heterocycles. The van der Waals surface area contributed by atoms with E-state index in [1.807, 2.05) is 36.4 Å². The van der Waals surface area contributed by atoms with Crippen molar-refractivity contribution in [1.29, 1.82) is 0 Å². The summed E-state index contributed by atoms with van der Waals surface area (Å²) in [5.74, 6) is 2.29. The van der Waals surface area contributed by atoms with Crippen molar-refractivity contribution in [3.05, 3.63) is 48.2 Å². The van der Waals surface area contributed by atoms with Crippen LogP contribution in [0.3, 0.4) is 0 Å². The highest BCUT2D eigenvalue weighted by atomic mass is 35.5. The molecule has 1 aliphatic carbocycles. The van der Waals surface area contributed by atoms with Gasteiger partial charge in [0, 0.05) is 30.8 Å². The number of hydrogen-bond donors (Lipinski definition) is 2. The maximum Gasteiger partial charge on any atom is 0.224 e. The number of benzene rings is 1. The predicted molar refractivity (Wildman–Crippen MR) is 123 cm³/mol. The molecule has 0 bridgehead atoms. The van der Waals surface area contributed by atoms with Gasteiger partial charge in [0.05, 0.1) is 6.61 Å². The third-order valence-electron chi connectivity index (χ3n) is 5.00. The molecular weight excluding hydrogens is 425 g/mol. The Hall–Kier alpha value is -2.02. The van der Waals surface area contributed by atoms with Crippen LogP contribution in [0.5, 0.6) is 17.4 Å². The van der Waals surface area contributed by atoms with E-state index in [0.717, 1.165) is 37.0 Å². The summed E-state index contributed by atoms with van der Waals surface area (Å²) in [6.07, 6.45) is 6.29. The van der Waals surface area contributed by atoms with Gasteiger partial charge in [-0.2, -0.15) is 0 Å². The molecule has 1 fully saturated rings. The molecule has 2 aromatic rings. The van der Waals surface area contributed by atoms with Gasteiger partial charge in [-0.3, -0.25) is 4.79 Å². The number of rotatable bonds is 9. The Morgan fingerprint density at radius 2 is 1.90 bits per heavy atom. The lowest BCUT2D eigenvalue weighted by Crippen LogP contribution is -2.31. The van der Waals surface area contributed by atoms with Crippen LogP contribution >= 0.6 is 24.8 Å². The average molecular weight is 456 g/mol. The fourth-order valence-corrected chi connectivity index (χ4v) is 3.41. The highest BCUT2D eigenvalue weighted by molar-refractivity contribution is 5.85. The molecule has 8 heteroatoms. The highest BCUT2D eigenvalue weighted by Gasteiger charge is 2.26. The summed E-state index contributed by atoms with van der Waals surface area (Å²) in [6.45, 7) is 3.14. The van der Waals surface area contributed by atoms with Gasteiger partial charge in [0.15, 0.2) is 0 Å². The van der Waals surface area contributed by atoms with Crippen LogP contribution in [-0.2, 0) is 11.3 Å². The third kappa shape index (κ3) is 7.67. The van der Waals surface area contributed by atoms with Gasteiger partial charge in [-0.25, -0.2) is 4.98 Å². The molecule has 1 aromatic carbocycles. The van der Waals surface area contributed by atoms with Gasteiger partial charge in [-0.1, -0.05) is 19.4 Å². The molecule has 0 spiro atoms. The van der Waals surface area contributed by atoms with Gasteiger partial charge in [-0.05, 0) is 55.5 Å². The fraction of sp³-hybridized carbons (Fsp3) is 0.455. The second-order valence-corrected chi connectivity index (χ2v) is 7.23. The fourth-order valence-electron chi connectivity index (χ4n) is 3.41. The second-order valence-electron chi connectivity index (χ2n) is 7.23. The molecule has 6 nitrogen and oxygen atoms in total. The summed E-state index contributed by atoms with van der Waals surface area (Å²) in [7, 11) is 0. The van der Waals surface area contributed by atoms with E-state index >= 15 is 0 Å². The third-order valence-corrected chi connectivity index (χ3v) is 5.00. The summed E-state index contributed by atoms with van der Waals surface area (Å²) in [6, 6.07) is 11.3. The van der Waals surface area contributed by atoms with E-state index in [4.69, 9.17) is 15.2 Å². The normalized spacial score (nSPS) is 17.4. The number of hydrogen-bond acceptors (Lipinski definition) is 5. The Kier molecular flexibility index (Phi) is 11.5. The van der Waals surface area contributed by atoms with Crippen molar-refractivity contribution in [3.63, 3.8) is 0 Å². The van der Waals surface area contributed by atoms with Crippen molar-refractivity contribution in [2.45, 2.75) is 51.6 Å². The van der Waals surface area contributed by atoms with Crippen molar-refractivity contribution in [1.82, 2.24) is 10.3 Å². The first kappa shape index (κ1) is 26.0. The van der Waals surface area contributed by atoms with Crippen molar-refractivity contribution < 1.29 is 14.3 Å². The molecule has 1 aliphatic rings. The standard InChI is InChI=1S/C22H29N3O3.2ClH/c1-2-13-27-18-8-10-19(11-9-18)28-22-17(6-4-12-24-22)15-25-21(26)14-16-5-3-7-20(16)23;;/h4,6,8-12,16,20H,2-3,5,7,13-15,23H2,1H3,(H,25,26);2*1H/t16-,20+;;/m0../s1. The summed E-state index contributed by atoms with van der Waals surface area (Å²) >= 11 is 0. The molecule has 2 atom stereocenters. The maximum absolute atomic E-state index is 12.3. The lowest BCUT2D eigenvalue weighted by atomic mass is 10.00. The number of ether oxygens (including phenoxy) is 2. The van der Waals surface area contributed by atoms with E-state index in [2.05, 4.69) is 17.2 Å². The van der Waals surface area contributed by atoms with Gasteiger partial charge in [0.25, 0.3) is 0 Å². The van der Waals surface area contributed by atoms with E-state index in [0.29, 0.717) is 31.2 Å². The molecule has 30 heavy (non-hydrogen) atoms. The second kappa shape index (κ2) is 13.3. The van der Waals surface area contributed by atoms with E-state index in [1.165, 1.54) is 0 Å². The van der Waals surface area contributed by atoms with Gasteiger partial charge in [0.2, 0.25) is 11.8 Å². The van der Waals surface area contributed by atoms with Crippen LogP contribution < -0.4 is 20.5 Å².